The van der Waals surface area contributed by atoms with Gasteiger partial charge in [0.05, 0.1) is 12.8 Å². The molecule has 0 aromatic rings. The second-order valence-corrected chi connectivity index (χ2v) is 3.67. The molecule has 0 fully saturated rings. The zero-order valence-corrected chi connectivity index (χ0v) is 8.17. The van der Waals surface area contributed by atoms with E-state index in [9.17, 15) is 4.57 Å². The number of rotatable bonds is 6. The molecule has 0 aromatic heterocycles. The van der Waals surface area contributed by atoms with Crippen molar-refractivity contribution in [2.75, 3.05) is 18.9 Å². The first-order valence-corrected chi connectivity index (χ1v) is 5.42. The minimum Gasteiger partial charge on any atom is -0.315 e. The van der Waals surface area contributed by atoms with Gasteiger partial charge in [-0.05, 0) is 0 Å². The summed E-state index contributed by atoms with van der Waals surface area (Å²) in [6, 6.07) is 0. The molecule has 8 heteroatoms. The quantitative estimate of drug-likeness (QED) is 0.167. The first kappa shape index (κ1) is 12.4. The molecule has 12 heavy (non-hydrogen) atoms. The van der Waals surface area contributed by atoms with E-state index < -0.39 is 7.82 Å². The standard InChI is InChI=1S/C4H13N2O4PS/c5-4(3-12)6-1-2-10-11(7,8)9/h4,6,12H,1-3,5H2,(H2,7,8,9). The fourth-order valence-electron chi connectivity index (χ4n) is 0.473. The Labute approximate surface area is 76.1 Å². The van der Waals surface area contributed by atoms with Gasteiger partial charge in [-0.3, -0.25) is 9.84 Å². The van der Waals surface area contributed by atoms with Crippen LogP contribution in [0.4, 0.5) is 0 Å². The van der Waals surface area contributed by atoms with E-state index in [1.165, 1.54) is 0 Å². The van der Waals surface area contributed by atoms with E-state index in [2.05, 4.69) is 22.5 Å². The second-order valence-electron chi connectivity index (χ2n) is 2.07. The van der Waals surface area contributed by atoms with Crippen LogP contribution in [0.1, 0.15) is 0 Å². The van der Waals surface area contributed by atoms with Gasteiger partial charge in [0.1, 0.15) is 0 Å². The molecule has 0 spiro atoms. The first-order valence-electron chi connectivity index (χ1n) is 3.25. The molecular formula is C4H13N2O4PS. The monoisotopic (exact) mass is 216 g/mol. The number of phosphoric ester groups is 1. The molecule has 0 saturated carbocycles. The van der Waals surface area contributed by atoms with E-state index in [0.717, 1.165) is 0 Å². The normalized spacial score (nSPS) is 14.7. The van der Waals surface area contributed by atoms with Gasteiger partial charge in [-0.2, -0.15) is 12.6 Å². The van der Waals surface area contributed by atoms with Gasteiger partial charge in [0.15, 0.2) is 0 Å². The van der Waals surface area contributed by atoms with Gasteiger partial charge >= 0.3 is 7.82 Å². The van der Waals surface area contributed by atoms with Gasteiger partial charge in [0.2, 0.25) is 0 Å². The predicted octanol–water partition coefficient (Wildman–Crippen LogP) is -1.10. The fourth-order valence-corrected chi connectivity index (χ4v) is 0.932. The van der Waals surface area contributed by atoms with Gasteiger partial charge < -0.3 is 15.5 Å². The topological polar surface area (TPSA) is 105 Å². The van der Waals surface area contributed by atoms with E-state index in [1.54, 1.807) is 0 Å². The average Bonchev–Trinajstić information content (AvgIpc) is 1.96. The zero-order chi connectivity index (χ0) is 9.61. The van der Waals surface area contributed by atoms with Crippen LogP contribution in [0.5, 0.6) is 0 Å². The molecule has 0 heterocycles. The Morgan fingerprint density at radius 3 is 2.67 bits per heavy atom. The van der Waals surface area contributed by atoms with Crippen LogP contribution in [0.25, 0.3) is 0 Å². The number of nitrogens with one attached hydrogen (secondary N) is 1. The van der Waals surface area contributed by atoms with Crippen LogP contribution in [0.15, 0.2) is 0 Å². The Morgan fingerprint density at radius 1 is 1.67 bits per heavy atom. The third kappa shape index (κ3) is 8.48. The highest BCUT2D eigenvalue weighted by Gasteiger charge is 2.12. The maximum absolute atomic E-state index is 10.1. The molecule has 74 valence electrons. The van der Waals surface area contributed by atoms with Gasteiger partial charge in [0.25, 0.3) is 0 Å². The first-order chi connectivity index (χ1) is 5.45. The Morgan fingerprint density at radius 2 is 2.25 bits per heavy atom. The molecule has 0 bridgehead atoms. The maximum atomic E-state index is 10.1. The van der Waals surface area contributed by atoms with Crippen LogP contribution in [0.3, 0.4) is 0 Å². The van der Waals surface area contributed by atoms with Crippen molar-refractivity contribution in [2.45, 2.75) is 6.17 Å². The lowest BCUT2D eigenvalue weighted by Crippen LogP contribution is -2.40. The summed E-state index contributed by atoms with van der Waals surface area (Å²) in [4.78, 5) is 16.5. The summed E-state index contributed by atoms with van der Waals surface area (Å²) in [5.74, 6) is 0.454. The van der Waals surface area contributed by atoms with E-state index in [0.29, 0.717) is 5.75 Å². The van der Waals surface area contributed by atoms with Crippen molar-refractivity contribution in [3.63, 3.8) is 0 Å². The highest BCUT2D eigenvalue weighted by molar-refractivity contribution is 7.80. The third-order valence-corrected chi connectivity index (χ3v) is 1.88. The van der Waals surface area contributed by atoms with E-state index >= 15 is 0 Å². The summed E-state index contributed by atoms with van der Waals surface area (Å²) in [6.45, 7) is 0.207. The molecule has 0 aliphatic carbocycles. The van der Waals surface area contributed by atoms with Crippen molar-refractivity contribution in [1.82, 2.24) is 5.32 Å². The number of hydrogen-bond donors (Lipinski definition) is 5. The molecule has 0 radical (unpaired) electrons. The van der Waals surface area contributed by atoms with Gasteiger partial charge in [-0.25, -0.2) is 4.57 Å². The minimum atomic E-state index is -4.33. The Hall–Kier alpha value is 0.380. The summed E-state index contributed by atoms with van der Waals surface area (Å²) in [7, 11) is -4.33. The van der Waals surface area contributed by atoms with Crippen molar-refractivity contribution in [3.8, 4) is 0 Å². The number of hydrogen-bond acceptors (Lipinski definition) is 5. The second kappa shape index (κ2) is 5.93. The minimum absolute atomic E-state index is 0.0776. The van der Waals surface area contributed by atoms with Crippen LogP contribution >= 0.6 is 20.5 Å². The van der Waals surface area contributed by atoms with Gasteiger partial charge in [-0.15, -0.1) is 0 Å². The maximum Gasteiger partial charge on any atom is 0.469 e. The average molecular weight is 216 g/mol. The Balaban J connectivity index is 3.28. The predicted molar refractivity (Wildman–Crippen MR) is 47.8 cm³/mol. The number of phosphoric acid groups is 1. The summed E-state index contributed by atoms with van der Waals surface area (Å²) >= 11 is 3.89. The molecule has 0 aromatic carbocycles. The lowest BCUT2D eigenvalue weighted by molar-refractivity contribution is 0.196. The van der Waals surface area contributed by atoms with Crippen LogP contribution in [0.2, 0.25) is 0 Å². The lowest BCUT2D eigenvalue weighted by atomic mass is 10.5. The van der Waals surface area contributed by atoms with Gasteiger partial charge in [-0.1, -0.05) is 0 Å². The summed E-state index contributed by atoms with van der Waals surface area (Å²) in [5, 5.41) is 2.74. The van der Waals surface area contributed by atoms with Crippen LogP contribution in [-0.2, 0) is 9.09 Å². The van der Waals surface area contributed by atoms with E-state index in [1.807, 2.05) is 0 Å². The van der Waals surface area contributed by atoms with Crippen molar-refractivity contribution < 1.29 is 18.9 Å². The molecule has 0 amide bonds. The third-order valence-electron chi connectivity index (χ3n) is 0.965. The highest BCUT2D eigenvalue weighted by atomic mass is 32.1. The van der Waals surface area contributed by atoms with E-state index in [-0.39, 0.29) is 19.3 Å². The summed E-state index contributed by atoms with van der Waals surface area (Å²) in [6.07, 6.45) is -0.284. The smallest absolute Gasteiger partial charge is 0.315 e. The fraction of sp³-hybridized carbons (Fsp3) is 1.00. The molecule has 1 unspecified atom stereocenters. The van der Waals surface area contributed by atoms with Crippen LogP contribution in [0, 0.1) is 0 Å². The molecule has 0 aliphatic rings. The summed E-state index contributed by atoms with van der Waals surface area (Å²) in [5.41, 5.74) is 5.39. The molecule has 0 rings (SSSR count). The molecule has 0 aliphatic heterocycles. The largest absolute Gasteiger partial charge is 0.469 e. The van der Waals surface area contributed by atoms with Crippen molar-refractivity contribution >= 4 is 20.5 Å². The molecule has 1 atom stereocenters. The molecule has 6 nitrogen and oxygen atoms in total. The van der Waals surface area contributed by atoms with E-state index in [4.69, 9.17) is 15.5 Å². The van der Waals surface area contributed by atoms with Crippen LogP contribution < -0.4 is 11.1 Å². The van der Waals surface area contributed by atoms with Crippen molar-refractivity contribution in [2.24, 2.45) is 5.73 Å². The number of thiol groups is 1. The number of nitrogens with two attached hydrogens (primary N) is 1. The van der Waals surface area contributed by atoms with Crippen molar-refractivity contribution in [3.05, 3.63) is 0 Å². The van der Waals surface area contributed by atoms with Gasteiger partial charge in [0, 0.05) is 12.3 Å². The Bertz CT molecular complexity index is 163. The van der Waals surface area contributed by atoms with Crippen LogP contribution in [-0.4, -0.2) is 34.9 Å². The zero-order valence-electron chi connectivity index (χ0n) is 6.38. The molecule has 0 saturated heterocycles. The SMILES string of the molecule is NC(CS)NCCOP(=O)(O)O. The molecular weight excluding hydrogens is 203 g/mol. The Kier molecular flexibility index (Phi) is 6.12. The summed E-state index contributed by atoms with van der Waals surface area (Å²) < 4.78 is 14.3. The lowest BCUT2D eigenvalue weighted by Gasteiger charge is -2.10. The molecule has 5 N–H and O–H groups in total. The van der Waals surface area contributed by atoms with Crippen molar-refractivity contribution in [1.29, 1.82) is 0 Å². The highest BCUT2D eigenvalue weighted by Crippen LogP contribution is 2.34.